The molecule has 1 unspecified atom stereocenters. The lowest BCUT2D eigenvalue weighted by Gasteiger charge is -2.17. The monoisotopic (exact) mass is 357 g/mol. The molecule has 2 aromatic rings. The smallest absolute Gasteiger partial charge is 0.214 e. The number of ether oxygens (including phenoxy) is 3. The second kappa shape index (κ2) is 9.08. The maximum absolute atomic E-state index is 6.00. The zero-order chi connectivity index (χ0) is 19.1. The average molecular weight is 357 g/mol. The molecule has 0 saturated carbocycles. The number of hydrogen-bond acceptors (Lipinski definition) is 5. The molecule has 1 heterocycles. The molecule has 26 heavy (non-hydrogen) atoms. The molecule has 0 amide bonds. The van der Waals surface area contributed by atoms with Crippen LogP contribution in [0.1, 0.15) is 31.2 Å². The van der Waals surface area contributed by atoms with Crippen LogP contribution in [0.15, 0.2) is 35.3 Å². The second-order valence-corrected chi connectivity index (χ2v) is 5.98. The first-order chi connectivity index (χ1) is 12.5. The van der Waals surface area contributed by atoms with Gasteiger partial charge in [0.25, 0.3) is 0 Å². The predicted molar refractivity (Wildman–Crippen MR) is 104 cm³/mol. The molecule has 2 rings (SSSR count). The minimum Gasteiger partial charge on any atom is -0.497 e. The number of aliphatic imine (C=N–C) groups is 1. The summed E-state index contributed by atoms with van der Waals surface area (Å²) in [5, 5.41) is 0. The van der Waals surface area contributed by atoms with Gasteiger partial charge in [0.1, 0.15) is 17.6 Å². The van der Waals surface area contributed by atoms with E-state index in [9.17, 15) is 0 Å². The van der Waals surface area contributed by atoms with E-state index in [4.69, 9.17) is 14.2 Å². The highest BCUT2D eigenvalue weighted by atomic mass is 16.5. The van der Waals surface area contributed by atoms with Crippen LogP contribution >= 0.6 is 0 Å². The van der Waals surface area contributed by atoms with Gasteiger partial charge in [-0.1, -0.05) is 0 Å². The third-order valence-electron chi connectivity index (χ3n) is 4.07. The summed E-state index contributed by atoms with van der Waals surface area (Å²) in [6.45, 7) is 6.86. The number of aromatic nitrogens is 1. The zero-order valence-corrected chi connectivity index (χ0v) is 16.3. The summed E-state index contributed by atoms with van der Waals surface area (Å²) in [5.41, 5.74) is 2.60. The fourth-order valence-corrected chi connectivity index (χ4v) is 2.29. The quantitative estimate of drug-likeness (QED) is 0.524. The van der Waals surface area contributed by atoms with Crippen LogP contribution in [0.3, 0.4) is 0 Å². The molecule has 0 aliphatic rings. The normalized spacial score (nSPS) is 12.1. The topological polar surface area (TPSA) is 56.2 Å². The number of rotatable bonds is 8. The SMILES string of the molecule is CCN(C)C=Nc1ccc(OC(C)c2cc(OC)cc(OC)c2)nc1C. The summed E-state index contributed by atoms with van der Waals surface area (Å²) in [7, 11) is 5.24. The first-order valence-corrected chi connectivity index (χ1v) is 8.58. The molecular weight excluding hydrogens is 330 g/mol. The number of pyridine rings is 1. The second-order valence-electron chi connectivity index (χ2n) is 5.98. The van der Waals surface area contributed by atoms with E-state index in [1.54, 1.807) is 20.6 Å². The fourth-order valence-electron chi connectivity index (χ4n) is 2.29. The van der Waals surface area contributed by atoms with Crippen LogP contribution in [-0.4, -0.2) is 44.0 Å². The van der Waals surface area contributed by atoms with Gasteiger partial charge in [0.15, 0.2) is 0 Å². The minimum absolute atomic E-state index is 0.202. The van der Waals surface area contributed by atoms with E-state index in [-0.39, 0.29) is 6.10 Å². The van der Waals surface area contributed by atoms with Gasteiger partial charge in [-0.15, -0.1) is 0 Å². The lowest BCUT2D eigenvalue weighted by molar-refractivity contribution is 0.216. The molecule has 1 aromatic heterocycles. The summed E-state index contributed by atoms with van der Waals surface area (Å²) in [6, 6.07) is 9.44. The number of methoxy groups -OCH3 is 2. The summed E-state index contributed by atoms with van der Waals surface area (Å²) in [5.74, 6) is 2.01. The first kappa shape index (κ1) is 19.6. The van der Waals surface area contributed by atoms with Crippen molar-refractivity contribution in [3.8, 4) is 17.4 Å². The van der Waals surface area contributed by atoms with Crippen molar-refractivity contribution in [2.24, 2.45) is 4.99 Å². The highest BCUT2D eigenvalue weighted by molar-refractivity contribution is 5.62. The van der Waals surface area contributed by atoms with Gasteiger partial charge in [-0.05, 0) is 44.5 Å². The van der Waals surface area contributed by atoms with Crippen LogP contribution in [0.4, 0.5) is 5.69 Å². The Kier molecular flexibility index (Phi) is 6.83. The Labute approximate surface area is 155 Å². The van der Waals surface area contributed by atoms with Crippen molar-refractivity contribution in [3.63, 3.8) is 0 Å². The van der Waals surface area contributed by atoms with E-state index in [1.807, 2.05) is 56.1 Å². The van der Waals surface area contributed by atoms with Crippen LogP contribution < -0.4 is 14.2 Å². The largest absolute Gasteiger partial charge is 0.497 e. The number of hydrogen-bond donors (Lipinski definition) is 0. The van der Waals surface area contributed by atoms with Crippen LogP contribution in [0.5, 0.6) is 17.4 Å². The Balaban J connectivity index is 2.15. The van der Waals surface area contributed by atoms with E-state index in [0.29, 0.717) is 5.88 Å². The van der Waals surface area contributed by atoms with Gasteiger partial charge >= 0.3 is 0 Å². The van der Waals surface area contributed by atoms with Gasteiger partial charge in [0.2, 0.25) is 5.88 Å². The van der Waals surface area contributed by atoms with Crippen molar-refractivity contribution >= 4 is 12.0 Å². The predicted octanol–water partition coefficient (Wildman–Crippen LogP) is 4.16. The Morgan fingerprint density at radius 2 is 1.81 bits per heavy atom. The summed E-state index contributed by atoms with van der Waals surface area (Å²) in [6.07, 6.45) is 1.60. The summed E-state index contributed by atoms with van der Waals surface area (Å²) in [4.78, 5) is 11.0. The molecule has 0 spiro atoms. The van der Waals surface area contributed by atoms with Crippen LogP contribution in [0, 0.1) is 6.92 Å². The van der Waals surface area contributed by atoms with Crippen molar-refractivity contribution in [3.05, 3.63) is 41.6 Å². The maximum Gasteiger partial charge on any atom is 0.214 e. The molecule has 6 heteroatoms. The van der Waals surface area contributed by atoms with Crippen LogP contribution in [-0.2, 0) is 0 Å². The Bertz CT molecular complexity index is 740. The molecule has 140 valence electrons. The van der Waals surface area contributed by atoms with Crippen molar-refractivity contribution in [1.82, 2.24) is 9.88 Å². The molecule has 1 atom stereocenters. The molecule has 0 aliphatic heterocycles. The minimum atomic E-state index is -0.202. The lowest BCUT2D eigenvalue weighted by atomic mass is 10.1. The van der Waals surface area contributed by atoms with Gasteiger partial charge in [0, 0.05) is 25.7 Å². The van der Waals surface area contributed by atoms with Gasteiger partial charge in [0.05, 0.1) is 31.9 Å². The highest BCUT2D eigenvalue weighted by Gasteiger charge is 2.12. The number of nitrogens with zero attached hydrogens (tertiary/aromatic N) is 3. The van der Waals surface area contributed by atoms with Crippen molar-refractivity contribution < 1.29 is 14.2 Å². The molecule has 0 N–H and O–H groups in total. The van der Waals surface area contributed by atoms with Gasteiger partial charge in [-0.25, -0.2) is 9.98 Å². The van der Waals surface area contributed by atoms with E-state index in [0.717, 1.165) is 35.0 Å². The molecule has 0 fully saturated rings. The van der Waals surface area contributed by atoms with Crippen LogP contribution in [0.2, 0.25) is 0 Å². The van der Waals surface area contributed by atoms with E-state index in [2.05, 4.69) is 16.9 Å². The summed E-state index contributed by atoms with van der Waals surface area (Å²) >= 11 is 0. The van der Waals surface area contributed by atoms with Crippen molar-refractivity contribution in [2.45, 2.75) is 26.9 Å². The zero-order valence-electron chi connectivity index (χ0n) is 16.3. The highest BCUT2D eigenvalue weighted by Crippen LogP contribution is 2.29. The molecule has 6 nitrogen and oxygen atoms in total. The molecule has 0 aliphatic carbocycles. The first-order valence-electron chi connectivity index (χ1n) is 8.58. The molecule has 0 saturated heterocycles. The molecule has 0 radical (unpaired) electrons. The van der Waals surface area contributed by atoms with Crippen LogP contribution in [0.25, 0.3) is 0 Å². The van der Waals surface area contributed by atoms with Crippen molar-refractivity contribution in [2.75, 3.05) is 27.8 Å². The number of benzene rings is 1. The van der Waals surface area contributed by atoms with E-state index in [1.165, 1.54) is 0 Å². The van der Waals surface area contributed by atoms with Crippen molar-refractivity contribution in [1.29, 1.82) is 0 Å². The Morgan fingerprint density at radius 1 is 1.15 bits per heavy atom. The molecule has 0 bridgehead atoms. The fraction of sp³-hybridized carbons (Fsp3) is 0.400. The van der Waals surface area contributed by atoms with Gasteiger partial charge in [-0.3, -0.25) is 0 Å². The molecule has 1 aromatic carbocycles. The molecular formula is C20H27N3O3. The standard InChI is InChI=1S/C20H27N3O3/c1-7-23(4)13-21-19-8-9-20(22-14(19)2)26-15(3)16-10-17(24-5)12-18(11-16)25-6/h8-13,15H,7H2,1-6H3. The third kappa shape index (κ3) is 5.12. The Hall–Kier alpha value is -2.76. The third-order valence-corrected chi connectivity index (χ3v) is 4.07. The maximum atomic E-state index is 6.00. The average Bonchev–Trinajstić information content (AvgIpc) is 2.66. The van der Waals surface area contributed by atoms with E-state index < -0.39 is 0 Å². The Morgan fingerprint density at radius 3 is 2.35 bits per heavy atom. The van der Waals surface area contributed by atoms with E-state index >= 15 is 0 Å². The lowest BCUT2D eigenvalue weighted by Crippen LogP contribution is -2.14. The number of aryl methyl sites for hydroxylation is 1. The van der Waals surface area contributed by atoms with Gasteiger partial charge in [-0.2, -0.15) is 0 Å². The summed E-state index contributed by atoms with van der Waals surface area (Å²) < 4.78 is 16.6. The van der Waals surface area contributed by atoms with Gasteiger partial charge < -0.3 is 19.1 Å².